The van der Waals surface area contributed by atoms with Crippen LogP contribution in [0.3, 0.4) is 0 Å². The van der Waals surface area contributed by atoms with Crippen LogP contribution in [-0.4, -0.2) is 16.7 Å². The zero-order valence-corrected chi connectivity index (χ0v) is 18.9. The van der Waals surface area contributed by atoms with Crippen molar-refractivity contribution in [2.24, 2.45) is 0 Å². The molecule has 0 bridgehead atoms. The van der Waals surface area contributed by atoms with E-state index in [0.717, 1.165) is 21.7 Å². The van der Waals surface area contributed by atoms with Crippen molar-refractivity contribution in [1.29, 1.82) is 0 Å². The molecule has 0 aliphatic heterocycles. The molecule has 0 atom stereocenters. The fourth-order valence-electron chi connectivity index (χ4n) is 3.42. The minimum absolute atomic E-state index is 0.0410. The monoisotopic (exact) mass is 440 g/mol. The first-order valence-electron chi connectivity index (χ1n) is 10.5. The third-order valence-electron chi connectivity index (χ3n) is 5.36. The van der Waals surface area contributed by atoms with Gasteiger partial charge in [-0.1, -0.05) is 90.2 Å². The standard InChI is InChI=1S/C27H24N2O2S/c1-18-13-14-22(17-19(18)2)26-25(21-11-7-4-8-12-21)29-27(32-26)28-24(31)16-15-23(30)20-9-5-3-6-10-20/h3-14,17H,15-16H2,1-2H3,(H,28,29,31). The number of thiazole rings is 1. The summed E-state index contributed by atoms with van der Waals surface area (Å²) in [6.07, 6.45) is 0.281. The number of hydrogen-bond acceptors (Lipinski definition) is 4. The fraction of sp³-hybridized carbons (Fsp3) is 0.148. The molecule has 0 aliphatic rings. The summed E-state index contributed by atoms with van der Waals surface area (Å²) >= 11 is 1.45. The summed E-state index contributed by atoms with van der Waals surface area (Å²) in [5.74, 6) is -0.255. The average molecular weight is 441 g/mol. The summed E-state index contributed by atoms with van der Waals surface area (Å²) in [6.45, 7) is 4.18. The molecule has 3 aromatic carbocycles. The maximum absolute atomic E-state index is 12.5. The predicted molar refractivity (Wildman–Crippen MR) is 131 cm³/mol. The molecular weight excluding hydrogens is 416 g/mol. The molecule has 1 aromatic heterocycles. The number of anilines is 1. The Morgan fingerprint density at radius 3 is 2.19 bits per heavy atom. The second-order valence-electron chi connectivity index (χ2n) is 7.70. The number of nitrogens with zero attached hydrogens (tertiary/aromatic N) is 1. The van der Waals surface area contributed by atoms with E-state index in [1.165, 1.54) is 22.5 Å². The van der Waals surface area contributed by atoms with Gasteiger partial charge in [-0.25, -0.2) is 4.98 Å². The first-order valence-corrected chi connectivity index (χ1v) is 11.3. The third-order valence-corrected chi connectivity index (χ3v) is 6.38. The Kier molecular flexibility index (Phi) is 6.57. The lowest BCUT2D eigenvalue weighted by Gasteiger charge is -2.05. The topological polar surface area (TPSA) is 59.1 Å². The molecule has 5 heteroatoms. The van der Waals surface area contributed by atoms with Crippen molar-refractivity contribution in [1.82, 2.24) is 4.98 Å². The highest BCUT2D eigenvalue weighted by Gasteiger charge is 2.17. The normalized spacial score (nSPS) is 10.7. The van der Waals surface area contributed by atoms with Crippen molar-refractivity contribution in [2.75, 3.05) is 5.32 Å². The average Bonchev–Trinajstić information content (AvgIpc) is 3.24. The van der Waals surface area contributed by atoms with E-state index in [9.17, 15) is 9.59 Å². The van der Waals surface area contributed by atoms with E-state index < -0.39 is 0 Å². The molecule has 0 aliphatic carbocycles. The molecule has 0 saturated carbocycles. The number of aromatic nitrogens is 1. The van der Waals surface area contributed by atoms with E-state index in [1.807, 2.05) is 48.5 Å². The van der Waals surface area contributed by atoms with Gasteiger partial charge in [-0.05, 0) is 30.5 Å². The fourth-order valence-corrected chi connectivity index (χ4v) is 4.42. The van der Waals surface area contributed by atoms with Crippen LogP contribution in [0.15, 0.2) is 78.9 Å². The third kappa shape index (κ3) is 5.01. The van der Waals surface area contributed by atoms with Gasteiger partial charge in [-0.3, -0.25) is 9.59 Å². The molecule has 0 unspecified atom stereocenters. The van der Waals surface area contributed by atoms with Crippen LogP contribution in [-0.2, 0) is 4.79 Å². The molecule has 0 fully saturated rings. The Morgan fingerprint density at radius 1 is 0.812 bits per heavy atom. The Labute approximate surface area is 192 Å². The largest absolute Gasteiger partial charge is 0.302 e. The highest BCUT2D eigenvalue weighted by molar-refractivity contribution is 7.19. The number of ketones is 1. The number of benzene rings is 3. The van der Waals surface area contributed by atoms with Gasteiger partial charge < -0.3 is 5.32 Å². The molecule has 4 aromatic rings. The molecular formula is C27H24N2O2S. The Hall–Kier alpha value is -3.57. The summed E-state index contributed by atoms with van der Waals surface area (Å²) < 4.78 is 0. The molecule has 0 radical (unpaired) electrons. The van der Waals surface area contributed by atoms with Crippen molar-refractivity contribution < 1.29 is 9.59 Å². The van der Waals surface area contributed by atoms with E-state index in [1.54, 1.807) is 12.1 Å². The van der Waals surface area contributed by atoms with Crippen molar-refractivity contribution in [3.63, 3.8) is 0 Å². The number of carbonyl (C=O) groups excluding carboxylic acids is 2. The van der Waals surface area contributed by atoms with Crippen LogP contribution >= 0.6 is 11.3 Å². The van der Waals surface area contributed by atoms with Crippen LogP contribution < -0.4 is 5.32 Å². The van der Waals surface area contributed by atoms with Gasteiger partial charge in [-0.2, -0.15) is 0 Å². The number of aryl methyl sites for hydroxylation is 2. The highest BCUT2D eigenvalue weighted by Crippen LogP contribution is 2.39. The second-order valence-corrected chi connectivity index (χ2v) is 8.70. The molecule has 160 valence electrons. The zero-order valence-electron chi connectivity index (χ0n) is 18.1. The summed E-state index contributed by atoms with van der Waals surface area (Å²) in [7, 11) is 0. The van der Waals surface area contributed by atoms with Crippen molar-refractivity contribution in [2.45, 2.75) is 26.7 Å². The lowest BCUT2D eigenvalue weighted by Crippen LogP contribution is -2.13. The van der Waals surface area contributed by atoms with Gasteiger partial charge in [0.1, 0.15) is 0 Å². The van der Waals surface area contributed by atoms with E-state index in [4.69, 9.17) is 4.98 Å². The number of Topliss-reactive ketones (excluding diaryl/α,β-unsaturated/α-hetero) is 1. The molecule has 1 N–H and O–H groups in total. The summed E-state index contributed by atoms with van der Waals surface area (Å²) in [5, 5.41) is 3.43. The molecule has 1 amide bonds. The first-order chi connectivity index (χ1) is 15.5. The lowest BCUT2D eigenvalue weighted by atomic mass is 10.0. The Balaban J connectivity index is 1.55. The minimum atomic E-state index is -0.214. The maximum Gasteiger partial charge on any atom is 0.226 e. The van der Waals surface area contributed by atoms with Crippen LogP contribution in [0, 0.1) is 13.8 Å². The molecule has 0 saturated heterocycles. The van der Waals surface area contributed by atoms with Gasteiger partial charge in [0, 0.05) is 24.0 Å². The van der Waals surface area contributed by atoms with Gasteiger partial charge in [0.05, 0.1) is 10.6 Å². The van der Waals surface area contributed by atoms with Gasteiger partial charge >= 0.3 is 0 Å². The molecule has 4 nitrogen and oxygen atoms in total. The number of carbonyl (C=O) groups is 2. The highest BCUT2D eigenvalue weighted by atomic mass is 32.1. The Bertz CT molecular complexity index is 1250. The summed E-state index contributed by atoms with van der Waals surface area (Å²) in [5.41, 5.74) is 5.98. The Morgan fingerprint density at radius 2 is 1.50 bits per heavy atom. The SMILES string of the molecule is Cc1ccc(-c2sc(NC(=O)CCC(=O)c3ccccc3)nc2-c2ccccc2)cc1C. The molecule has 1 heterocycles. The summed E-state index contributed by atoms with van der Waals surface area (Å²) in [6, 6.07) is 25.3. The quantitative estimate of drug-likeness (QED) is 0.326. The van der Waals surface area contributed by atoms with E-state index in [-0.39, 0.29) is 24.5 Å². The first kappa shape index (κ1) is 21.7. The smallest absolute Gasteiger partial charge is 0.226 e. The van der Waals surface area contributed by atoms with Crippen LogP contribution in [0.2, 0.25) is 0 Å². The van der Waals surface area contributed by atoms with Crippen LogP contribution in [0.4, 0.5) is 5.13 Å². The molecule has 0 spiro atoms. The number of nitrogens with one attached hydrogen (secondary N) is 1. The minimum Gasteiger partial charge on any atom is -0.302 e. The van der Waals surface area contributed by atoms with Crippen LogP contribution in [0.5, 0.6) is 0 Å². The van der Waals surface area contributed by atoms with Crippen LogP contribution in [0.25, 0.3) is 21.7 Å². The van der Waals surface area contributed by atoms with Gasteiger partial charge in [0.2, 0.25) is 5.91 Å². The summed E-state index contributed by atoms with van der Waals surface area (Å²) in [4.78, 5) is 30.6. The van der Waals surface area contributed by atoms with Crippen molar-refractivity contribution >= 4 is 28.2 Å². The maximum atomic E-state index is 12.5. The van der Waals surface area contributed by atoms with E-state index >= 15 is 0 Å². The molecule has 4 rings (SSSR count). The number of hydrogen-bond donors (Lipinski definition) is 1. The van der Waals surface area contributed by atoms with Gasteiger partial charge in [0.15, 0.2) is 10.9 Å². The number of amides is 1. The van der Waals surface area contributed by atoms with Gasteiger partial charge in [0.25, 0.3) is 0 Å². The zero-order chi connectivity index (χ0) is 22.5. The predicted octanol–water partition coefficient (Wildman–Crippen LogP) is 6.70. The second kappa shape index (κ2) is 9.71. The van der Waals surface area contributed by atoms with E-state index in [2.05, 4.69) is 37.4 Å². The lowest BCUT2D eigenvalue weighted by molar-refractivity contribution is -0.116. The molecule has 32 heavy (non-hydrogen) atoms. The van der Waals surface area contributed by atoms with Crippen molar-refractivity contribution in [3.8, 4) is 21.7 Å². The van der Waals surface area contributed by atoms with Crippen molar-refractivity contribution in [3.05, 3.63) is 95.6 Å². The van der Waals surface area contributed by atoms with Crippen LogP contribution in [0.1, 0.15) is 34.3 Å². The van der Waals surface area contributed by atoms with Gasteiger partial charge in [-0.15, -0.1) is 0 Å². The van der Waals surface area contributed by atoms with E-state index in [0.29, 0.717) is 10.7 Å². The number of rotatable bonds is 7.